The first kappa shape index (κ1) is 16.0. The van der Waals surface area contributed by atoms with Crippen LogP contribution in [-0.4, -0.2) is 27.9 Å². The third-order valence-corrected chi connectivity index (χ3v) is 3.48. The molecule has 0 saturated heterocycles. The molecule has 5 nitrogen and oxygen atoms in total. The van der Waals surface area contributed by atoms with Crippen LogP contribution in [0.3, 0.4) is 0 Å². The Morgan fingerprint density at radius 2 is 1.45 bits per heavy atom. The Hall–Kier alpha value is -2.37. The Balaban J connectivity index is 2.65. The molecule has 0 aliphatic carbocycles. The Labute approximate surface area is 134 Å². The minimum absolute atomic E-state index is 0.000736. The number of carbonyl (C=O) groups is 3. The molecular formula is C15H8Cl2O5. The van der Waals surface area contributed by atoms with E-state index in [4.69, 9.17) is 33.4 Å². The zero-order chi connectivity index (χ0) is 16.4. The number of hydrogen-bond acceptors (Lipinski definition) is 3. The molecule has 7 heteroatoms. The van der Waals surface area contributed by atoms with Crippen LogP contribution in [0, 0.1) is 0 Å². The van der Waals surface area contributed by atoms with Crippen LogP contribution in [0.15, 0.2) is 36.4 Å². The molecule has 2 aromatic carbocycles. The van der Waals surface area contributed by atoms with Gasteiger partial charge in [-0.3, -0.25) is 4.79 Å². The van der Waals surface area contributed by atoms with Gasteiger partial charge in [0.25, 0.3) is 0 Å². The van der Waals surface area contributed by atoms with Gasteiger partial charge in [-0.25, -0.2) is 9.59 Å². The molecule has 0 unspecified atom stereocenters. The van der Waals surface area contributed by atoms with E-state index in [-0.39, 0.29) is 32.3 Å². The van der Waals surface area contributed by atoms with Crippen LogP contribution >= 0.6 is 23.2 Å². The Morgan fingerprint density at radius 1 is 0.773 bits per heavy atom. The van der Waals surface area contributed by atoms with Crippen molar-refractivity contribution in [3.63, 3.8) is 0 Å². The lowest BCUT2D eigenvalue weighted by Gasteiger charge is -2.08. The summed E-state index contributed by atoms with van der Waals surface area (Å²) in [6, 6.07) is 7.36. The fourth-order valence-corrected chi connectivity index (χ4v) is 2.24. The number of benzene rings is 2. The summed E-state index contributed by atoms with van der Waals surface area (Å²) in [6.45, 7) is 0. The van der Waals surface area contributed by atoms with E-state index in [9.17, 15) is 14.4 Å². The lowest BCUT2D eigenvalue weighted by atomic mass is 9.96. The van der Waals surface area contributed by atoms with Crippen molar-refractivity contribution in [2.45, 2.75) is 0 Å². The van der Waals surface area contributed by atoms with Crippen LogP contribution in [0.5, 0.6) is 0 Å². The predicted molar refractivity (Wildman–Crippen MR) is 80.3 cm³/mol. The number of carbonyl (C=O) groups excluding carboxylic acids is 1. The highest BCUT2D eigenvalue weighted by molar-refractivity contribution is 6.37. The average molecular weight is 339 g/mol. The summed E-state index contributed by atoms with van der Waals surface area (Å²) in [4.78, 5) is 34.8. The van der Waals surface area contributed by atoms with Crippen LogP contribution in [-0.2, 0) is 0 Å². The first-order valence-electron chi connectivity index (χ1n) is 5.91. The molecule has 2 rings (SSSR count). The molecule has 0 aliphatic heterocycles. The molecule has 112 valence electrons. The summed E-state index contributed by atoms with van der Waals surface area (Å²) in [5.74, 6) is -3.34. The molecule has 0 fully saturated rings. The molecule has 0 radical (unpaired) electrons. The Bertz CT molecular complexity index is 799. The third kappa shape index (κ3) is 3.10. The molecule has 22 heavy (non-hydrogen) atoms. The van der Waals surface area contributed by atoms with Gasteiger partial charge >= 0.3 is 11.9 Å². The molecule has 0 atom stereocenters. The zero-order valence-electron chi connectivity index (χ0n) is 10.8. The number of ketones is 1. The lowest BCUT2D eigenvalue weighted by molar-refractivity contribution is 0.0679. The van der Waals surface area contributed by atoms with Crippen molar-refractivity contribution < 1.29 is 24.6 Å². The second-order valence-electron chi connectivity index (χ2n) is 4.32. The van der Waals surface area contributed by atoms with E-state index in [2.05, 4.69) is 0 Å². The molecule has 0 bridgehead atoms. The second kappa shape index (κ2) is 6.17. The highest BCUT2D eigenvalue weighted by Crippen LogP contribution is 2.25. The first-order valence-corrected chi connectivity index (χ1v) is 6.67. The molecule has 0 saturated carbocycles. The molecular weight excluding hydrogens is 331 g/mol. The molecule has 2 aromatic rings. The quantitative estimate of drug-likeness (QED) is 0.830. The highest BCUT2D eigenvalue weighted by Gasteiger charge is 2.22. The first-order chi connectivity index (χ1) is 10.3. The van der Waals surface area contributed by atoms with Crippen LogP contribution in [0.4, 0.5) is 0 Å². The van der Waals surface area contributed by atoms with Gasteiger partial charge in [0.05, 0.1) is 16.1 Å². The summed E-state index contributed by atoms with van der Waals surface area (Å²) in [6.07, 6.45) is 0. The number of carboxylic acids is 2. The largest absolute Gasteiger partial charge is 0.478 e. The van der Waals surface area contributed by atoms with Gasteiger partial charge in [-0.15, -0.1) is 0 Å². The normalized spacial score (nSPS) is 10.3. The summed E-state index contributed by atoms with van der Waals surface area (Å²) in [5.41, 5.74) is -0.784. The maximum atomic E-state index is 12.5. The summed E-state index contributed by atoms with van der Waals surface area (Å²) >= 11 is 11.7. The van der Waals surface area contributed by atoms with Gasteiger partial charge in [0.2, 0.25) is 0 Å². The van der Waals surface area contributed by atoms with Gasteiger partial charge < -0.3 is 10.2 Å². The van der Waals surface area contributed by atoms with E-state index in [0.717, 1.165) is 18.2 Å². The van der Waals surface area contributed by atoms with Crippen LogP contribution in [0.25, 0.3) is 0 Å². The molecule has 0 aliphatic rings. The van der Waals surface area contributed by atoms with Crippen molar-refractivity contribution in [1.82, 2.24) is 0 Å². The minimum atomic E-state index is -1.35. The predicted octanol–water partition coefficient (Wildman–Crippen LogP) is 3.62. The van der Waals surface area contributed by atoms with E-state index >= 15 is 0 Å². The van der Waals surface area contributed by atoms with Crippen LogP contribution in [0.1, 0.15) is 36.6 Å². The molecule has 0 heterocycles. The van der Waals surface area contributed by atoms with Crippen molar-refractivity contribution in [2.24, 2.45) is 0 Å². The number of aromatic carboxylic acids is 2. The monoisotopic (exact) mass is 338 g/mol. The van der Waals surface area contributed by atoms with Crippen LogP contribution < -0.4 is 0 Å². The fraction of sp³-hybridized carbons (Fsp3) is 0. The van der Waals surface area contributed by atoms with Crippen molar-refractivity contribution in [1.29, 1.82) is 0 Å². The van der Waals surface area contributed by atoms with Crippen molar-refractivity contribution in [3.8, 4) is 0 Å². The number of halogens is 2. The standard InChI is InChI=1S/C15H8Cl2O5/c16-8-2-4-12(17)11(6-8)13(18)10-5-7(14(19)20)1-3-9(10)15(21)22/h1-6H,(H,19,20)(H,21,22). The Kier molecular flexibility index (Phi) is 4.49. The van der Waals surface area contributed by atoms with E-state index in [1.165, 1.54) is 18.2 Å². The highest BCUT2D eigenvalue weighted by atomic mass is 35.5. The van der Waals surface area contributed by atoms with Gasteiger partial charge in [0.1, 0.15) is 0 Å². The second-order valence-corrected chi connectivity index (χ2v) is 5.17. The topological polar surface area (TPSA) is 91.7 Å². The molecule has 2 N–H and O–H groups in total. The summed E-state index contributed by atoms with van der Waals surface area (Å²) in [7, 11) is 0. The van der Waals surface area contributed by atoms with Crippen molar-refractivity contribution in [2.75, 3.05) is 0 Å². The van der Waals surface area contributed by atoms with E-state index in [0.29, 0.717) is 0 Å². The number of rotatable bonds is 4. The summed E-state index contributed by atoms with van der Waals surface area (Å²) < 4.78 is 0. The Morgan fingerprint density at radius 3 is 2.05 bits per heavy atom. The SMILES string of the molecule is O=C(O)c1ccc(C(=O)O)c(C(=O)c2cc(Cl)ccc2Cl)c1. The van der Waals surface area contributed by atoms with E-state index in [1.807, 2.05) is 0 Å². The fourth-order valence-electron chi connectivity index (χ4n) is 1.87. The van der Waals surface area contributed by atoms with Gasteiger partial charge in [-0.05, 0) is 36.4 Å². The third-order valence-electron chi connectivity index (χ3n) is 2.91. The maximum absolute atomic E-state index is 12.5. The zero-order valence-corrected chi connectivity index (χ0v) is 12.4. The van der Waals surface area contributed by atoms with Gasteiger partial charge in [0, 0.05) is 16.1 Å². The van der Waals surface area contributed by atoms with E-state index < -0.39 is 17.7 Å². The van der Waals surface area contributed by atoms with E-state index in [1.54, 1.807) is 0 Å². The lowest BCUT2D eigenvalue weighted by Crippen LogP contribution is -2.12. The average Bonchev–Trinajstić information content (AvgIpc) is 2.48. The minimum Gasteiger partial charge on any atom is -0.478 e. The van der Waals surface area contributed by atoms with Gasteiger partial charge in [-0.1, -0.05) is 23.2 Å². The van der Waals surface area contributed by atoms with Gasteiger partial charge in [-0.2, -0.15) is 0 Å². The van der Waals surface area contributed by atoms with Crippen molar-refractivity contribution >= 4 is 40.9 Å². The van der Waals surface area contributed by atoms with Gasteiger partial charge in [0.15, 0.2) is 5.78 Å². The number of carboxylic acid groups (broad SMARTS) is 2. The molecule has 0 aromatic heterocycles. The van der Waals surface area contributed by atoms with Crippen LogP contribution in [0.2, 0.25) is 10.0 Å². The smallest absolute Gasteiger partial charge is 0.336 e. The van der Waals surface area contributed by atoms with Crippen molar-refractivity contribution in [3.05, 3.63) is 68.7 Å². The molecule has 0 spiro atoms. The molecule has 0 amide bonds. The number of hydrogen-bond donors (Lipinski definition) is 2. The maximum Gasteiger partial charge on any atom is 0.336 e. The summed E-state index contributed by atoms with van der Waals surface area (Å²) in [5, 5.41) is 18.5.